The summed E-state index contributed by atoms with van der Waals surface area (Å²) < 4.78 is 4.32. The van der Waals surface area contributed by atoms with Gasteiger partial charge in [-0.3, -0.25) is 9.13 Å². The number of pyridine rings is 1. The highest BCUT2D eigenvalue weighted by Gasteiger charge is 2.41. The van der Waals surface area contributed by atoms with Crippen LogP contribution in [-0.4, -0.2) is 14.1 Å². The fourth-order valence-corrected chi connectivity index (χ4v) is 4.73. The Morgan fingerprint density at radius 1 is 0.774 bits per heavy atom. The molecule has 31 heavy (non-hydrogen) atoms. The molecule has 4 nitrogen and oxygen atoms in total. The number of hydrogen-bond donors (Lipinski definition) is 0. The number of imidazole rings is 1. The van der Waals surface area contributed by atoms with Gasteiger partial charge < -0.3 is 0 Å². The molecule has 0 amide bonds. The largest absolute Gasteiger partial charge is 0.331 e. The van der Waals surface area contributed by atoms with Crippen LogP contribution in [0.3, 0.4) is 0 Å². The minimum absolute atomic E-state index is 0.128. The van der Waals surface area contributed by atoms with Crippen LogP contribution < -0.4 is 5.69 Å². The first-order valence-electron chi connectivity index (χ1n) is 10.0. The van der Waals surface area contributed by atoms with Gasteiger partial charge in [-0.1, -0.05) is 91.0 Å². The summed E-state index contributed by atoms with van der Waals surface area (Å²) in [4.78, 5) is 18.5. The summed E-state index contributed by atoms with van der Waals surface area (Å²) in [6, 6.07) is 32.4. The molecule has 0 spiro atoms. The lowest BCUT2D eigenvalue weighted by atomic mass is 9.76. The van der Waals surface area contributed by atoms with Crippen LogP contribution in [0.25, 0.3) is 11.2 Å². The van der Waals surface area contributed by atoms with E-state index in [0.29, 0.717) is 5.65 Å². The molecule has 0 radical (unpaired) electrons. The van der Waals surface area contributed by atoms with Crippen molar-refractivity contribution in [3.63, 3.8) is 0 Å². The highest BCUT2D eigenvalue weighted by atomic mass is 79.9. The van der Waals surface area contributed by atoms with E-state index in [1.165, 1.54) is 0 Å². The number of nitrogens with zero attached hydrogens (tertiary/aromatic N) is 3. The standard InChI is InChI=1S/C26H20BrN3O/c1-29-23-17-22(27)18-28-24(23)30(25(29)31)26(19-11-5-2-6-12-19,20-13-7-3-8-14-20)21-15-9-4-10-16-21/h2-18H,1H3. The Hall–Kier alpha value is -3.44. The smallest absolute Gasteiger partial charge is 0.293 e. The second-order valence-corrected chi connectivity index (χ2v) is 8.40. The SMILES string of the molecule is Cn1c(=O)n(C(c2ccccc2)(c2ccccc2)c2ccccc2)c2ncc(Br)cc21. The van der Waals surface area contributed by atoms with Crippen LogP contribution in [0.15, 0.2) is 113 Å². The van der Waals surface area contributed by atoms with Crippen LogP contribution in [-0.2, 0) is 12.6 Å². The fourth-order valence-electron chi connectivity index (χ4n) is 4.41. The first-order valence-corrected chi connectivity index (χ1v) is 10.8. The van der Waals surface area contributed by atoms with Gasteiger partial charge >= 0.3 is 5.69 Å². The van der Waals surface area contributed by atoms with Crippen molar-refractivity contribution in [3.8, 4) is 0 Å². The van der Waals surface area contributed by atoms with Gasteiger partial charge in [0.05, 0.1) is 5.52 Å². The summed E-state index contributed by atoms with van der Waals surface area (Å²) in [7, 11) is 1.79. The average molecular weight is 470 g/mol. The third-order valence-corrected chi connectivity index (χ3v) is 6.21. The van der Waals surface area contributed by atoms with Crippen LogP contribution in [0, 0.1) is 0 Å². The Balaban J connectivity index is 2.04. The van der Waals surface area contributed by atoms with E-state index in [4.69, 9.17) is 4.98 Å². The normalized spacial score (nSPS) is 11.7. The van der Waals surface area contributed by atoms with Crippen molar-refractivity contribution in [3.05, 3.63) is 135 Å². The number of fused-ring (bicyclic) bond motifs is 1. The van der Waals surface area contributed by atoms with Gasteiger partial charge in [0.2, 0.25) is 0 Å². The maximum atomic E-state index is 13.8. The van der Waals surface area contributed by atoms with Crippen molar-refractivity contribution < 1.29 is 0 Å². The van der Waals surface area contributed by atoms with Gasteiger partial charge in [0.25, 0.3) is 0 Å². The summed E-state index contributed by atoms with van der Waals surface area (Å²) in [5, 5.41) is 0. The van der Waals surface area contributed by atoms with Gasteiger partial charge in [0.1, 0.15) is 5.54 Å². The van der Waals surface area contributed by atoms with E-state index in [9.17, 15) is 4.79 Å². The van der Waals surface area contributed by atoms with E-state index in [1.54, 1.807) is 17.8 Å². The quantitative estimate of drug-likeness (QED) is 0.333. The molecule has 0 fully saturated rings. The highest BCUT2D eigenvalue weighted by molar-refractivity contribution is 9.10. The first-order chi connectivity index (χ1) is 15.1. The minimum Gasteiger partial charge on any atom is -0.293 e. The van der Waals surface area contributed by atoms with Crippen LogP contribution in [0.4, 0.5) is 0 Å². The molecule has 3 aromatic carbocycles. The fraction of sp³-hybridized carbons (Fsp3) is 0.0769. The zero-order valence-electron chi connectivity index (χ0n) is 16.9. The maximum absolute atomic E-state index is 13.8. The molecule has 0 aliphatic carbocycles. The average Bonchev–Trinajstić information content (AvgIpc) is 3.07. The predicted molar refractivity (Wildman–Crippen MR) is 127 cm³/mol. The Morgan fingerprint density at radius 2 is 1.23 bits per heavy atom. The highest BCUT2D eigenvalue weighted by Crippen LogP contribution is 2.41. The molecule has 0 atom stereocenters. The molecule has 152 valence electrons. The summed E-state index contributed by atoms with van der Waals surface area (Å²) >= 11 is 3.50. The minimum atomic E-state index is -0.888. The second-order valence-electron chi connectivity index (χ2n) is 7.48. The topological polar surface area (TPSA) is 39.8 Å². The van der Waals surface area contributed by atoms with E-state index in [-0.39, 0.29) is 5.69 Å². The molecule has 0 saturated carbocycles. The molecule has 0 saturated heterocycles. The van der Waals surface area contributed by atoms with Crippen molar-refractivity contribution in [2.45, 2.75) is 5.54 Å². The molecule has 0 aliphatic rings. The predicted octanol–water partition coefficient (Wildman–Crippen LogP) is 5.34. The molecular formula is C26H20BrN3O. The van der Waals surface area contributed by atoms with Crippen molar-refractivity contribution in [2.75, 3.05) is 0 Å². The number of halogens is 1. The lowest BCUT2D eigenvalue weighted by molar-refractivity contribution is 0.502. The molecule has 0 bridgehead atoms. The molecule has 0 unspecified atom stereocenters. The molecule has 2 heterocycles. The summed E-state index contributed by atoms with van der Waals surface area (Å²) in [6.45, 7) is 0. The Kier molecular flexibility index (Phi) is 4.83. The van der Waals surface area contributed by atoms with Gasteiger partial charge in [0, 0.05) is 17.7 Å². The lowest BCUT2D eigenvalue weighted by Crippen LogP contribution is -2.44. The van der Waals surface area contributed by atoms with E-state index in [1.807, 2.05) is 65.2 Å². The van der Waals surface area contributed by atoms with E-state index in [2.05, 4.69) is 52.3 Å². The zero-order valence-corrected chi connectivity index (χ0v) is 18.5. The van der Waals surface area contributed by atoms with Crippen LogP contribution >= 0.6 is 15.9 Å². The number of aromatic nitrogens is 3. The summed E-state index contributed by atoms with van der Waals surface area (Å²) in [6.07, 6.45) is 1.74. The third kappa shape index (κ3) is 2.96. The Labute approximate surface area is 188 Å². The lowest BCUT2D eigenvalue weighted by Gasteiger charge is -2.36. The molecule has 0 aliphatic heterocycles. The van der Waals surface area contributed by atoms with Crippen molar-refractivity contribution >= 4 is 27.1 Å². The van der Waals surface area contributed by atoms with Crippen molar-refractivity contribution in [2.24, 2.45) is 7.05 Å². The maximum Gasteiger partial charge on any atom is 0.331 e. The molecule has 0 N–H and O–H groups in total. The van der Waals surface area contributed by atoms with Gasteiger partial charge in [-0.15, -0.1) is 0 Å². The number of hydrogen-bond acceptors (Lipinski definition) is 2. The number of benzene rings is 3. The summed E-state index contributed by atoms with van der Waals surface area (Å²) in [5.41, 5.74) is 3.36. The molecular weight excluding hydrogens is 450 g/mol. The molecule has 2 aromatic heterocycles. The first kappa shape index (κ1) is 19.5. The van der Waals surface area contributed by atoms with Crippen molar-refractivity contribution in [1.82, 2.24) is 14.1 Å². The Morgan fingerprint density at radius 3 is 1.68 bits per heavy atom. The van der Waals surface area contributed by atoms with E-state index in [0.717, 1.165) is 26.7 Å². The number of rotatable bonds is 4. The van der Waals surface area contributed by atoms with Crippen LogP contribution in [0.1, 0.15) is 16.7 Å². The van der Waals surface area contributed by atoms with Gasteiger partial charge in [0.15, 0.2) is 5.65 Å². The van der Waals surface area contributed by atoms with Gasteiger partial charge in [-0.2, -0.15) is 0 Å². The van der Waals surface area contributed by atoms with Crippen LogP contribution in [0.2, 0.25) is 0 Å². The summed E-state index contributed by atoms with van der Waals surface area (Å²) in [5.74, 6) is 0. The second kappa shape index (κ2) is 7.67. The van der Waals surface area contributed by atoms with E-state index < -0.39 is 5.54 Å². The van der Waals surface area contributed by atoms with E-state index >= 15 is 0 Å². The zero-order chi connectivity index (χ0) is 21.4. The third-order valence-electron chi connectivity index (χ3n) is 5.78. The number of aryl methyl sites for hydroxylation is 1. The van der Waals surface area contributed by atoms with Crippen LogP contribution in [0.5, 0.6) is 0 Å². The molecule has 5 aromatic rings. The Bertz CT molecular complexity index is 1310. The molecule has 5 heteroatoms. The van der Waals surface area contributed by atoms with Gasteiger partial charge in [-0.25, -0.2) is 9.78 Å². The van der Waals surface area contributed by atoms with Gasteiger partial charge in [-0.05, 0) is 38.7 Å². The van der Waals surface area contributed by atoms with Crippen molar-refractivity contribution in [1.29, 1.82) is 0 Å². The molecule has 5 rings (SSSR count). The monoisotopic (exact) mass is 469 g/mol.